The molecule has 0 aliphatic heterocycles. The molecule has 0 aliphatic rings. The first-order valence-electron chi connectivity index (χ1n) is 5.13. The zero-order valence-corrected chi connectivity index (χ0v) is 10.1. The SMILES string of the molecule is CC(=O)OCc1c(C)cc(C)c(C)c1C. The van der Waals surface area contributed by atoms with Gasteiger partial charge in [-0.15, -0.1) is 0 Å². The molecule has 0 aromatic heterocycles. The highest BCUT2D eigenvalue weighted by molar-refractivity contribution is 5.66. The van der Waals surface area contributed by atoms with Crippen molar-refractivity contribution in [2.24, 2.45) is 0 Å². The maximum atomic E-state index is 10.8. The molecule has 0 heterocycles. The summed E-state index contributed by atoms with van der Waals surface area (Å²) in [6, 6.07) is 2.14. The Labute approximate surface area is 91.3 Å². The van der Waals surface area contributed by atoms with Crippen molar-refractivity contribution in [3.8, 4) is 0 Å². The number of benzene rings is 1. The molecule has 1 rings (SSSR count). The van der Waals surface area contributed by atoms with Crippen LogP contribution in [0.15, 0.2) is 6.07 Å². The van der Waals surface area contributed by atoms with Crippen LogP contribution in [0.5, 0.6) is 0 Å². The molecule has 0 radical (unpaired) electrons. The topological polar surface area (TPSA) is 26.3 Å². The van der Waals surface area contributed by atoms with Crippen molar-refractivity contribution >= 4 is 5.97 Å². The lowest BCUT2D eigenvalue weighted by Gasteiger charge is -2.14. The summed E-state index contributed by atoms with van der Waals surface area (Å²) in [4.78, 5) is 10.8. The van der Waals surface area contributed by atoms with E-state index in [4.69, 9.17) is 4.74 Å². The molecule has 1 aromatic carbocycles. The standard InChI is InChI=1S/C13H18O2/c1-8-6-9(2)13(7-15-12(5)14)11(4)10(8)3/h6H,7H2,1-5H3. The molecule has 0 bridgehead atoms. The average Bonchev–Trinajstić information content (AvgIpc) is 2.14. The largest absolute Gasteiger partial charge is 0.461 e. The van der Waals surface area contributed by atoms with E-state index >= 15 is 0 Å². The molecule has 0 aliphatic carbocycles. The van der Waals surface area contributed by atoms with Crippen molar-refractivity contribution in [2.45, 2.75) is 41.2 Å². The number of carbonyl (C=O) groups excluding carboxylic acids is 1. The Bertz CT molecular complexity index is 392. The van der Waals surface area contributed by atoms with Gasteiger partial charge in [0.15, 0.2) is 0 Å². The van der Waals surface area contributed by atoms with E-state index < -0.39 is 0 Å². The van der Waals surface area contributed by atoms with Gasteiger partial charge in [0.2, 0.25) is 0 Å². The second kappa shape index (κ2) is 4.47. The Morgan fingerprint density at radius 2 is 1.73 bits per heavy atom. The minimum absolute atomic E-state index is 0.230. The molecule has 2 heteroatoms. The Balaban J connectivity index is 3.07. The highest BCUT2D eigenvalue weighted by Gasteiger charge is 2.08. The molecule has 1 aromatic rings. The van der Waals surface area contributed by atoms with Gasteiger partial charge in [0.05, 0.1) is 0 Å². The van der Waals surface area contributed by atoms with Gasteiger partial charge < -0.3 is 4.74 Å². The van der Waals surface area contributed by atoms with Crippen molar-refractivity contribution in [3.05, 3.63) is 33.9 Å². The van der Waals surface area contributed by atoms with Crippen molar-refractivity contribution in [2.75, 3.05) is 0 Å². The highest BCUT2D eigenvalue weighted by atomic mass is 16.5. The predicted octanol–water partition coefficient (Wildman–Crippen LogP) is 2.98. The summed E-state index contributed by atoms with van der Waals surface area (Å²) in [5, 5.41) is 0. The first-order chi connectivity index (χ1) is 6.93. The maximum Gasteiger partial charge on any atom is 0.302 e. The predicted molar refractivity (Wildman–Crippen MR) is 60.9 cm³/mol. The second-order valence-corrected chi connectivity index (χ2v) is 4.02. The Hall–Kier alpha value is -1.31. The van der Waals surface area contributed by atoms with Gasteiger partial charge in [-0.1, -0.05) is 6.07 Å². The summed E-state index contributed by atoms with van der Waals surface area (Å²) in [6.45, 7) is 10.2. The molecule has 0 saturated carbocycles. The van der Waals surface area contributed by atoms with Crippen molar-refractivity contribution in [1.29, 1.82) is 0 Å². The molecule has 0 N–H and O–H groups in total. The van der Waals surface area contributed by atoms with Gasteiger partial charge >= 0.3 is 5.97 Å². The van der Waals surface area contributed by atoms with Gasteiger partial charge in [-0.3, -0.25) is 4.79 Å². The van der Waals surface area contributed by atoms with Crippen LogP contribution >= 0.6 is 0 Å². The Kier molecular flexibility index (Phi) is 3.51. The third kappa shape index (κ3) is 2.58. The van der Waals surface area contributed by atoms with E-state index in [0.29, 0.717) is 6.61 Å². The van der Waals surface area contributed by atoms with Crippen LogP contribution in [0.1, 0.15) is 34.7 Å². The van der Waals surface area contributed by atoms with Crippen LogP contribution in [0.25, 0.3) is 0 Å². The third-order valence-electron chi connectivity index (χ3n) is 2.94. The van der Waals surface area contributed by atoms with Crippen molar-refractivity contribution in [1.82, 2.24) is 0 Å². The second-order valence-electron chi connectivity index (χ2n) is 4.02. The highest BCUT2D eigenvalue weighted by Crippen LogP contribution is 2.22. The van der Waals surface area contributed by atoms with Crippen LogP contribution < -0.4 is 0 Å². The third-order valence-corrected chi connectivity index (χ3v) is 2.94. The van der Waals surface area contributed by atoms with Crippen LogP contribution in [0.4, 0.5) is 0 Å². The van der Waals surface area contributed by atoms with E-state index in [1.54, 1.807) is 0 Å². The van der Waals surface area contributed by atoms with E-state index in [9.17, 15) is 4.79 Å². The molecule has 82 valence electrons. The summed E-state index contributed by atoms with van der Waals surface area (Å²) >= 11 is 0. The van der Waals surface area contributed by atoms with Gasteiger partial charge in [0.1, 0.15) is 6.61 Å². The minimum Gasteiger partial charge on any atom is -0.461 e. The number of hydrogen-bond donors (Lipinski definition) is 0. The molecule has 0 unspecified atom stereocenters. The molecule has 0 spiro atoms. The number of rotatable bonds is 2. The van der Waals surface area contributed by atoms with Crippen LogP contribution in [-0.2, 0) is 16.1 Å². The number of hydrogen-bond acceptors (Lipinski definition) is 2. The number of ether oxygens (including phenoxy) is 1. The molecular weight excluding hydrogens is 188 g/mol. The number of carbonyl (C=O) groups is 1. The first kappa shape index (κ1) is 11.8. The molecular formula is C13H18O2. The molecule has 0 fully saturated rings. The summed E-state index contributed by atoms with van der Waals surface area (Å²) in [7, 11) is 0. The molecule has 15 heavy (non-hydrogen) atoms. The lowest BCUT2D eigenvalue weighted by atomic mass is 9.95. The summed E-state index contributed by atoms with van der Waals surface area (Å²) in [6.07, 6.45) is 0. The van der Waals surface area contributed by atoms with Gasteiger partial charge in [0, 0.05) is 6.92 Å². The van der Waals surface area contributed by atoms with Gasteiger partial charge in [0.25, 0.3) is 0 Å². The van der Waals surface area contributed by atoms with E-state index in [0.717, 1.165) is 5.56 Å². The maximum absolute atomic E-state index is 10.8. The van der Waals surface area contributed by atoms with Crippen LogP contribution in [0, 0.1) is 27.7 Å². The number of esters is 1. The minimum atomic E-state index is -0.230. The monoisotopic (exact) mass is 206 g/mol. The van der Waals surface area contributed by atoms with Gasteiger partial charge in [-0.05, 0) is 55.5 Å². The lowest BCUT2D eigenvalue weighted by Crippen LogP contribution is -2.04. The molecule has 0 amide bonds. The van der Waals surface area contributed by atoms with E-state index in [1.165, 1.54) is 29.2 Å². The Morgan fingerprint density at radius 1 is 1.13 bits per heavy atom. The number of aryl methyl sites for hydroxylation is 2. The van der Waals surface area contributed by atoms with E-state index in [2.05, 4.69) is 33.8 Å². The molecule has 0 saturated heterocycles. The van der Waals surface area contributed by atoms with Crippen molar-refractivity contribution in [3.63, 3.8) is 0 Å². The summed E-state index contributed by atoms with van der Waals surface area (Å²) in [5.74, 6) is -0.230. The zero-order chi connectivity index (χ0) is 11.6. The fourth-order valence-electron chi connectivity index (χ4n) is 1.73. The first-order valence-corrected chi connectivity index (χ1v) is 5.13. The van der Waals surface area contributed by atoms with Crippen LogP contribution in [0.3, 0.4) is 0 Å². The molecule has 2 nitrogen and oxygen atoms in total. The van der Waals surface area contributed by atoms with E-state index in [1.807, 2.05) is 0 Å². The van der Waals surface area contributed by atoms with Gasteiger partial charge in [-0.2, -0.15) is 0 Å². The summed E-state index contributed by atoms with van der Waals surface area (Å²) < 4.78 is 5.05. The van der Waals surface area contributed by atoms with Crippen LogP contribution in [0.2, 0.25) is 0 Å². The molecule has 0 atom stereocenters. The smallest absolute Gasteiger partial charge is 0.302 e. The Morgan fingerprint density at radius 3 is 2.27 bits per heavy atom. The fourth-order valence-corrected chi connectivity index (χ4v) is 1.73. The quantitative estimate of drug-likeness (QED) is 0.695. The van der Waals surface area contributed by atoms with Crippen LogP contribution in [-0.4, -0.2) is 5.97 Å². The fraction of sp³-hybridized carbons (Fsp3) is 0.462. The zero-order valence-electron chi connectivity index (χ0n) is 10.1. The summed E-state index contributed by atoms with van der Waals surface area (Å²) in [5.41, 5.74) is 6.12. The lowest BCUT2D eigenvalue weighted by molar-refractivity contribution is -0.142. The van der Waals surface area contributed by atoms with Crippen molar-refractivity contribution < 1.29 is 9.53 Å². The van der Waals surface area contributed by atoms with Gasteiger partial charge in [-0.25, -0.2) is 0 Å². The average molecular weight is 206 g/mol. The van der Waals surface area contributed by atoms with E-state index in [-0.39, 0.29) is 5.97 Å². The normalized spacial score (nSPS) is 10.2.